The zero-order valence-electron chi connectivity index (χ0n) is 10.7. The molecule has 0 spiro atoms. The summed E-state index contributed by atoms with van der Waals surface area (Å²) >= 11 is 0. The molecule has 0 fully saturated rings. The Bertz CT molecular complexity index is 568. The van der Waals surface area contributed by atoms with Crippen molar-refractivity contribution in [2.75, 3.05) is 18.0 Å². The van der Waals surface area contributed by atoms with Crippen LogP contribution < -0.4 is 4.90 Å². The molecule has 4 heteroatoms. The van der Waals surface area contributed by atoms with Crippen LogP contribution in [0.4, 0.5) is 5.69 Å². The topological polar surface area (TPSA) is 52.8 Å². The van der Waals surface area contributed by atoms with E-state index in [9.17, 15) is 0 Å². The summed E-state index contributed by atoms with van der Waals surface area (Å²) in [5.41, 5.74) is 1.93. The number of hydrogen-bond donors (Lipinski definition) is 0. The van der Waals surface area contributed by atoms with Crippen molar-refractivity contribution in [2.45, 2.75) is 13.8 Å². The van der Waals surface area contributed by atoms with Gasteiger partial charge in [-0.2, -0.15) is 15.5 Å². The second-order valence-electron chi connectivity index (χ2n) is 4.32. The van der Waals surface area contributed by atoms with Gasteiger partial charge in [0.25, 0.3) is 0 Å². The summed E-state index contributed by atoms with van der Waals surface area (Å²) in [7, 11) is 0. The third-order valence-electron chi connectivity index (χ3n) is 2.96. The Labute approximate surface area is 107 Å². The molecule has 0 saturated heterocycles. The minimum absolute atomic E-state index is 0.00289. The lowest BCUT2D eigenvalue weighted by atomic mass is 10.1. The number of aromatic nitrogens is 2. The molecule has 0 N–H and O–H groups in total. The summed E-state index contributed by atoms with van der Waals surface area (Å²) < 4.78 is 0. The highest BCUT2D eigenvalue weighted by Gasteiger charge is 2.12. The minimum atomic E-state index is -0.00289. The first kappa shape index (κ1) is 12.3. The number of rotatable bonds is 4. The highest BCUT2D eigenvalue weighted by Crippen LogP contribution is 2.24. The standard InChI is InChI=1S/C14H16N4/c1-3-18(10-11(2)8-15)14-9-16-17-13-7-5-4-6-12(13)14/h4-7,9,11H,3,10H2,1-2H3. The van der Waals surface area contributed by atoms with E-state index in [1.54, 1.807) is 6.20 Å². The number of anilines is 1. The molecule has 1 atom stereocenters. The zero-order chi connectivity index (χ0) is 13.0. The van der Waals surface area contributed by atoms with Crippen LogP contribution in [-0.2, 0) is 0 Å². The number of benzene rings is 1. The third kappa shape index (κ3) is 2.40. The van der Waals surface area contributed by atoms with Crippen molar-refractivity contribution in [1.29, 1.82) is 5.26 Å². The van der Waals surface area contributed by atoms with E-state index >= 15 is 0 Å². The fraction of sp³-hybridized carbons (Fsp3) is 0.357. The molecule has 2 rings (SSSR count). The van der Waals surface area contributed by atoms with Crippen molar-refractivity contribution in [3.05, 3.63) is 30.5 Å². The first-order chi connectivity index (χ1) is 8.76. The van der Waals surface area contributed by atoms with E-state index in [4.69, 9.17) is 5.26 Å². The SMILES string of the molecule is CCN(CC(C)C#N)c1cnnc2ccccc12. The molecular formula is C14H16N4. The van der Waals surface area contributed by atoms with E-state index in [0.29, 0.717) is 6.54 Å². The Morgan fingerprint density at radius 2 is 2.17 bits per heavy atom. The molecule has 0 bridgehead atoms. The second-order valence-corrected chi connectivity index (χ2v) is 4.32. The van der Waals surface area contributed by atoms with Crippen molar-refractivity contribution in [1.82, 2.24) is 10.2 Å². The first-order valence-electron chi connectivity index (χ1n) is 6.11. The molecule has 92 valence electrons. The Morgan fingerprint density at radius 3 is 2.89 bits per heavy atom. The van der Waals surface area contributed by atoms with Crippen molar-refractivity contribution < 1.29 is 0 Å². The van der Waals surface area contributed by atoms with Crippen molar-refractivity contribution in [3.8, 4) is 6.07 Å². The molecule has 4 nitrogen and oxygen atoms in total. The average molecular weight is 240 g/mol. The van der Waals surface area contributed by atoms with Crippen LogP contribution in [0.3, 0.4) is 0 Å². The summed E-state index contributed by atoms with van der Waals surface area (Å²) in [4.78, 5) is 2.17. The smallest absolute Gasteiger partial charge is 0.0950 e. The predicted octanol–water partition coefficient (Wildman–Crippen LogP) is 2.62. The maximum absolute atomic E-state index is 8.93. The number of hydrogen-bond acceptors (Lipinski definition) is 4. The molecule has 0 amide bonds. The minimum Gasteiger partial charge on any atom is -0.369 e. The monoisotopic (exact) mass is 240 g/mol. The van der Waals surface area contributed by atoms with Crippen LogP contribution in [0, 0.1) is 17.2 Å². The molecule has 2 aromatic rings. The lowest BCUT2D eigenvalue weighted by molar-refractivity contribution is 0.686. The van der Waals surface area contributed by atoms with Crippen LogP contribution in [0.1, 0.15) is 13.8 Å². The van der Waals surface area contributed by atoms with Gasteiger partial charge in [-0.3, -0.25) is 0 Å². The van der Waals surface area contributed by atoms with Gasteiger partial charge in [0.2, 0.25) is 0 Å². The molecule has 1 heterocycles. The van der Waals surface area contributed by atoms with Crippen LogP contribution in [-0.4, -0.2) is 23.3 Å². The van der Waals surface area contributed by atoms with E-state index in [0.717, 1.165) is 23.1 Å². The molecule has 18 heavy (non-hydrogen) atoms. The Kier molecular flexibility index (Phi) is 3.73. The predicted molar refractivity (Wildman–Crippen MR) is 72.2 cm³/mol. The third-order valence-corrected chi connectivity index (χ3v) is 2.96. The highest BCUT2D eigenvalue weighted by molar-refractivity contribution is 5.90. The lowest BCUT2D eigenvalue weighted by Gasteiger charge is -2.24. The van der Waals surface area contributed by atoms with E-state index in [2.05, 4.69) is 28.1 Å². The van der Waals surface area contributed by atoms with Gasteiger partial charge in [-0.1, -0.05) is 18.2 Å². The molecule has 0 aliphatic carbocycles. The van der Waals surface area contributed by atoms with Gasteiger partial charge in [0.15, 0.2) is 0 Å². The zero-order valence-corrected chi connectivity index (χ0v) is 10.7. The molecule has 0 aliphatic heterocycles. The number of nitrogens with zero attached hydrogens (tertiary/aromatic N) is 4. The van der Waals surface area contributed by atoms with E-state index in [-0.39, 0.29) is 5.92 Å². The van der Waals surface area contributed by atoms with Gasteiger partial charge in [0, 0.05) is 18.5 Å². The lowest BCUT2D eigenvalue weighted by Crippen LogP contribution is -2.28. The quantitative estimate of drug-likeness (QED) is 0.824. The summed E-state index contributed by atoms with van der Waals surface area (Å²) in [5, 5.41) is 18.2. The molecule has 1 unspecified atom stereocenters. The van der Waals surface area contributed by atoms with Gasteiger partial charge in [0.1, 0.15) is 0 Å². The normalized spacial score (nSPS) is 12.1. The Balaban J connectivity index is 2.42. The van der Waals surface area contributed by atoms with Gasteiger partial charge in [-0.15, -0.1) is 0 Å². The molecular weight excluding hydrogens is 224 g/mol. The Hall–Kier alpha value is -2.15. The van der Waals surface area contributed by atoms with Crippen molar-refractivity contribution >= 4 is 16.6 Å². The van der Waals surface area contributed by atoms with E-state index < -0.39 is 0 Å². The maximum Gasteiger partial charge on any atom is 0.0950 e. The van der Waals surface area contributed by atoms with E-state index in [1.165, 1.54) is 0 Å². The molecule has 1 aromatic carbocycles. The fourth-order valence-corrected chi connectivity index (χ4v) is 2.01. The van der Waals surface area contributed by atoms with Crippen LogP contribution in [0.5, 0.6) is 0 Å². The molecule has 0 aliphatic rings. The summed E-state index contributed by atoms with van der Waals surface area (Å²) in [6, 6.07) is 10.2. The van der Waals surface area contributed by atoms with Crippen molar-refractivity contribution in [3.63, 3.8) is 0 Å². The second kappa shape index (κ2) is 5.46. The molecule has 0 saturated carbocycles. The van der Waals surface area contributed by atoms with Gasteiger partial charge >= 0.3 is 0 Å². The van der Waals surface area contributed by atoms with Crippen LogP contribution >= 0.6 is 0 Å². The first-order valence-corrected chi connectivity index (χ1v) is 6.11. The van der Waals surface area contributed by atoms with Gasteiger partial charge in [-0.05, 0) is 19.9 Å². The fourth-order valence-electron chi connectivity index (χ4n) is 2.01. The van der Waals surface area contributed by atoms with Crippen LogP contribution in [0.15, 0.2) is 30.5 Å². The Morgan fingerprint density at radius 1 is 1.39 bits per heavy atom. The van der Waals surface area contributed by atoms with Gasteiger partial charge in [0.05, 0.1) is 29.4 Å². The molecule has 1 aromatic heterocycles. The number of nitriles is 1. The van der Waals surface area contributed by atoms with Gasteiger partial charge in [-0.25, -0.2) is 0 Å². The van der Waals surface area contributed by atoms with Crippen LogP contribution in [0.25, 0.3) is 10.9 Å². The van der Waals surface area contributed by atoms with Gasteiger partial charge < -0.3 is 4.90 Å². The summed E-state index contributed by atoms with van der Waals surface area (Å²) in [6.07, 6.45) is 1.77. The highest BCUT2D eigenvalue weighted by atomic mass is 15.2. The van der Waals surface area contributed by atoms with Crippen LogP contribution in [0.2, 0.25) is 0 Å². The maximum atomic E-state index is 8.93. The van der Waals surface area contributed by atoms with E-state index in [1.807, 2.05) is 31.2 Å². The summed E-state index contributed by atoms with van der Waals surface area (Å²) in [5.74, 6) is -0.00289. The van der Waals surface area contributed by atoms with Crippen molar-refractivity contribution in [2.24, 2.45) is 5.92 Å². The largest absolute Gasteiger partial charge is 0.369 e. The average Bonchev–Trinajstić information content (AvgIpc) is 2.44. The molecule has 0 radical (unpaired) electrons. The summed E-state index contributed by atoms with van der Waals surface area (Å²) in [6.45, 7) is 5.57. The number of fused-ring (bicyclic) bond motifs is 1.